The molecule has 5 nitrogen and oxygen atoms in total. The minimum atomic E-state index is -3.18. The largest absolute Gasteiger partial charge is 0.334 e. The average Bonchev–Trinajstić information content (AvgIpc) is 2.49. The Hall–Kier alpha value is -0.700. The van der Waals surface area contributed by atoms with Gasteiger partial charge in [0, 0.05) is 11.1 Å². The molecule has 0 aliphatic carbocycles. The Bertz CT molecular complexity index is 546. The predicted octanol–water partition coefficient (Wildman–Crippen LogP) is 4.41. The lowest BCUT2D eigenvalue weighted by molar-refractivity contribution is 0.222. The Morgan fingerprint density at radius 3 is 1.95 bits per heavy atom. The third-order valence-corrected chi connectivity index (χ3v) is 6.94. The molecular weight excluding hydrogens is 322 g/mol. The molecular formula is C15H24O5P2. The number of allylic oxidation sites excluding steroid dienone is 1. The molecule has 0 saturated carbocycles. The van der Waals surface area contributed by atoms with Crippen LogP contribution in [0.5, 0.6) is 0 Å². The zero-order chi connectivity index (χ0) is 16.5. The first-order valence-corrected chi connectivity index (χ1v) is 10.8. The smallest absolute Gasteiger partial charge is 0.323 e. The molecule has 0 aliphatic rings. The minimum absolute atomic E-state index is 0.0680. The van der Waals surface area contributed by atoms with E-state index in [0.717, 1.165) is 0 Å². The van der Waals surface area contributed by atoms with Crippen LogP contribution < -0.4 is 5.30 Å². The second-order valence-electron chi connectivity index (χ2n) is 4.36. The first-order chi connectivity index (χ1) is 10.5. The van der Waals surface area contributed by atoms with E-state index < -0.39 is 15.0 Å². The molecule has 1 atom stereocenters. The van der Waals surface area contributed by atoms with Crippen LogP contribution >= 0.6 is 15.0 Å². The molecule has 0 heterocycles. The summed E-state index contributed by atoms with van der Waals surface area (Å²) in [5.41, 5.74) is 0. The van der Waals surface area contributed by atoms with E-state index in [2.05, 4.69) is 0 Å². The summed E-state index contributed by atoms with van der Waals surface area (Å²) in [5.74, 6) is 1.48. The zero-order valence-electron chi connectivity index (χ0n) is 13.3. The molecule has 22 heavy (non-hydrogen) atoms. The SMILES string of the molecule is CCOP(=O)(C/C=C/P(=O)(OCC)c1ccccc1)OCC. The van der Waals surface area contributed by atoms with Crippen molar-refractivity contribution >= 4 is 20.3 Å². The highest BCUT2D eigenvalue weighted by atomic mass is 31.2. The second-order valence-corrected chi connectivity index (χ2v) is 8.73. The van der Waals surface area contributed by atoms with Crippen LogP contribution in [0.2, 0.25) is 0 Å². The topological polar surface area (TPSA) is 61.8 Å². The summed E-state index contributed by atoms with van der Waals surface area (Å²) in [6, 6.07) is 8.97. The summed E-state index contributed by atoms with van der Waals surface area (Å²) >= 11 is 0. The number of hydrogen-bond acceptors (Lipinski definition) is 5. The summed E-state index contributed by atoms with van der Waals surface area (Å²) < 4.78 is 41.2. The van der Waals surface area contributed by atoms with Gasteiger partial charge in [0.25, 0.3) is 7.37 Å². The molecule has 0 amide bonds. The van der Waals surface area contributed by atoms with Gasteiger partial charge in [-0.15, -0.1) is 0 Å². The minimum Gasteiger partial charge on any atom is -0.323 e. The molecule has 7 heteroatoms. The molecule has 1 rings (SSSR count). The lowest BCUT2D eigenvalue weighted by atomic mass is 10.4. The van der Waals surface area contributed by atoms with E-state index in [1.165, 1.54) is 5.82 Å². The summed E-state index contributed by atoms with van der Waals surface area (Å²) in [6.45, 7) is 6.22. The molecule has 0 aromatic heterocycles. The van der Waals surface area contributed by atoms with Crippen molar-refractivity contribution in [1.82, 2.24) is 0 Å². The summed E-state index contributed by atoms with van der Waals surface area (Å²) in [4.78, 5) is 0. The van der Waals surface area contributed by atoms with E-state index in [-0.39, 0.29) is 6.16 Å². The molecule has 1 unspecified atom stereocenters. The van der Waals surface area contributed by atoms with Gasteiger partial charge in [0.15, 0.2) is 0 Å². The first kappa shape index (κ1) is 19.3. The molecule has 124 valence electrons. The van der Waals surface area contributed by atoms with Crippen molar-refractivity contribution in [2.45, 2.75) is 20.8 Å². The van der Waals surface area contributed by atoms with Crippen LogP contribution in [0.25, 0.3) is 0 Å². The van der Waals surface area contributed by atoms with E-state index in [0.29, 0.717) is 25.1 Å². The van der Waals surface area contributed by atoms with Crippen LogP contribution in [0.1, 0.15) is 20.8 Å². The van der Waals surface area contributed by atoms with Crippen molar-refractivity contribution < 1.29 is 22.7 Å². The van der Waals surface area contributed by atoms with E-state index >= 15 is 0 Å². The maximum absolute atomic E-state index is 12.9. The highest BCUT2D eigenvalue weighted by Crippen LogP contribution is 2.51. The van der Waals surface area contributed by atoms with Crippen molar-refractivity contribution in [3.63, 3.8) is 0 Å². The van der Waals surface area contributed by atoms with E-state index in [4.69, 9.17) is 13.6 Å². The Morgan fingerprint density at radius 1 is 0.909 bits per heavy atom. The maximum Gasteiger partial charge on any atom is 0.334 e. The fraction of sp³-hybridized carbons (Fsp3) is 0.467. The van der Waals surface area contributed by atoms with Crippen LogP contribution in [0, 0.1) is 0 Å². The highest BCUT2D eigenvalue weighted by molar-refractivity contribution is 7.70. The van der Waals surface area contributed by atoms with Gasteiger partial charge in [-0.2, -0.15) is 0 Å². The zero-order valence-corrected chi connectivity index (χ0v) is 15.1. The van der Waals surface area contributed by atoms with Gasteiger partial charge in [0.05, 0.1) is 26.0 Å². The molecule has 0 aliphatic heterocycles. The Kier molecular flexibility index (Phi) is 8.30. The second kappa shape index (κ2) is 9.44. The molecule has 0 N–H and O–H groups in total. The maximum atomic E-state index is 12.9. The van der Waals surface area contributed by atoms with Crippen molar-refractivity contribution in [1.29, 1.82) is 0 Å². The van der Waals surface area contributed by atoms with E-state index in [1.807, 2.05) is 6.07 Å². The van der Waals surface area contributed by atoms with E-state index in [1.54, 1.807) is 51.1 Å². The van der Waals surface area contributed by atoms with Gasteiger partial charge in [0.1, 0.15) is 0 Å². The van der Waals surface area contributed by atoms with Crippen LogP contribution in [-0.4, -0.2) is 26.0 Å². The van der Waals surface area contributed by atoms with E-state index in [9.17, 15) is 9.13 Å². The van der Waals surface area contributed by atoms with Gasteiger partial charge < -0.3 is 13.6 Å². The Morgan fingerprint density at radius 2 is 1.45 bits per heavy atom. The molecule has 0 bridgehead atoms. The fourth-order valence-electron chi connectivity index (χ4n) is 1.88. The van der Waals surface area contributed by atoms with Crippen LogP contribution in [0.3, 0.4) is 0 Å². The number of hydrogen-bond donors (Lipinski definition) is 0. The first-order valence-electron chi connectivity index (χ1n) is 7.35. The van der Waals surface area contributed by atoms with Gasteiger partial charge in [-0.05, 0) is 32.9 Å². The quantitative estimate of drug-likeness (QED) is 0.587. The number of benzene rings is 1. The van der Waals surface area contributed by atoms with Gasteiger partial charge in [-0.1, -0.05) is 24.3 Å². The van der Waals surface area contributed by atoms with Crippen LogP contribution in [-0.2, 0) is 22.7 Å². The van der Waals surface area contributed by atoms with Gasteiger partial charge in [-0.25, -0.2) is 0 Å². The lowest BCUT2D eigenvalue weighted by Gasteiger charge is -2.16. The summed E-state index contributed by atoms with van der Waals surface area (Å²) in [7, 11) is -6.29. The monoisotopic (exact) mass is 346 g/mol. The molecule has 1 aromatic carbocycles. The lowest BCUT2D eigenvalue weighted by Crippen LogP contribution is -2.05. The predicted molar refractivity (Wildman–Crippen MR) is 90.2 cm³/mol. The van der Waals surface area contributed by atoms with Gasteiger partial charge in [0.2, 0.25) is 0 Å². The molecule has 0 spiro atoms. The van der Waals surface area contributed by atoms with Gasteiger partial charge in [-0.3, -0.25) is 9.13 Å². The molecule has 0 fully saturated rings. The normalized spacial score (nSPS) is 15.0. The average molecular weight is 346 g/mol. The van der Waals surface area contributed by atoms with Crippen molar-refractivity contribution in [2.75, 3.05) is 26.0 Å². The van der Waals surface area contributed by atoms with Crippen molar-refractivity contribution in [2.24, 2.45) is 0 Å². The Labute approximate surface area is 132 Å². The summed E-state index contributed by atoms with van der Waals surface area (Å²) in [5, 5.41) is 0.607. The van der Waals surface area contributed by atoms with Crippen LogP contribution in [0.4, 0.5) is 0 Å². The van der Waals surface area contributed by atoms with Crippen molar-refractivity contribution in [3.8, 4) is 0 Å². The third-order valence-electron chi connectivity index (χ3n) is 2.72. The van der Waals surface area contributed by atoms with Crippen LogP contribution in [0.15, 0.2) is 42.2 Å². The summed E-state index contributed by atoms with van der Waals surface area (Å²) in [6.07, 6.45) is 1.63. The third kappa shape index (κ3) is 5.83. The molecule has 0 radical (unpaired) electrons. The number of rotatable bonds is 10. The van der Waals surface area contributed by atoms with Crippen molar-refractivity contribution in [3.05, 3.63) is 42.2 Å². The molecule has 0 saturated heterocycles. The molecule has 1 aromatic rings. The fourth-order valence-corrected chi connectivity index (χ4v) is 5.25. The Balaban J connectivity index is 2.91. The highest BCUT2D eigenvalue weighted by Gasteiger charge is 2.25. The standard InChI is InChI=1S/C15H24O5P2/c1-4-18-21(16,15-11-8-7-9-12-15)13-10-14-22(17,19-5-2)20-6-3/h7-13H,4-6,14H2,1-3H3/b13-10+. The van der Waals surface area contributed by atoms with Gasteiger partial charge >= 0.3 is 7.60 Å².